The molecule has 1 rings (SSSR count). The fourth-order valence-corrected chi connectivity index (χ4v) is 1.19. The molecule has 0 atom stereocenters. The summed E-state index contributed by atoms with van der Waals surface area (Å²) in [6, 6.07) is 0. The molecule has 0 spiro atoms. The smallest absolute Gasteiger partial charge is 0.234 e. The summed E-state index contributed by atoms with van der Waals surface area (Å²) in [4.78, 5) is 15.3. The number of carbonyl (C=O) groups excluding carboxylic acids is 1. The van der Waals surface area contributed by atoms with E-state index in [1.165, 1.54) is 0 Å². The van der Waals surface area contributed by atoms with Gasteiger partial charge in [-0.25, -0.2) is 0 Å². The minimum atomic E-state index is -0.0521. The Balaban J connectivity index is 2.02. The number of aromatic nitrogens is 2. The highest BCUT2D eigenvalue weighted by Crippen LogP contribution is 1.95. The Hall–Kier alpha value is -1.47. The van der Waals surface area contributed by atoms with E-state index in [0.29, 0.717) is 37.8 Å². The molecule has 0 aromatic carbocycles. The van der Waals surface area contributed by atoms with Gasteiger partial charge in [-0.3, -0.25) is 4.79 Å². The molecule has 17 heavy (non-hydrogen) atoms. The molecule has 0 aliphatic carbocycles. The van der Waals surface area contributed by atoms with Crippen molar-refractivity contribution < 1.29 is 14.1 Å². The molecule has 1 heterocycles. The summed E-state index contributed by atoms with van der Waals surface area (Å²) in [5.41, 5.74) is 0. The van der Waals surface area contributed by atoms with Gasteiger partial charge in [0.1, 0.15) is 0 Å². The number of nitrogens with one attached hydrogen (secondary N) is 2. The van der Waals surface area contributed by atoms with Crippen LogP contribution in [-0.2, 0) is 16.0 Å². The van der Waals surface area contributed by atoms with Crippen LogP contribution in [0, 0.1) is 6.92 Å². The van der Waals surface area contributed by atoms with Crippen molar-refractivity contribution >= 4 is 5.91 Å². The summed E-state index contributed by atoms with van der Waals surface area (Å²) >= 11 is 0. The Morgan fingerprint density at radius 2 is 2.29 bits per heavy atom. The first-order chi connectivity index (χ1) is 8.22. The summed E-state index contributed by atoms with van der Waals surface area (Å²) in [5.74, 6) is 1.15. The second kappa shape index (κ2) is 7.75. The first-order valence-electron chi connectivity index (χ1n) is 5.48. The number of aryl methyl sites for hydroxylation is 1. The van der Waals surface area contributed by atoms with E-state index in [1.807, 2.05) is 0 Å². The second-order valence-corrected chi connectivity index (χ2v) is 3.50. The zero-order valence-corrected chi connectivity index (χ0v) is 10.2. The number of amides is 1. The minimum absolute atomic E-state index is 0.0521. The number of carbonyl (C=O) groups is 1. The highest BCUT2D eigenvalue weighted by molar-refractivity contribution is 5.77. The van der Waals surface area contributed by atoms with Crippen LogP contribution in [0.15, 0.2) is 4.52 Å². The standard InChI is InChI=1S/C10H18N4O3/c1-8-13-10(17-14-8)3-4-11-7-9(15)12-5-6-16-2/h11H,3-7H2,1-2H3,(H,12,15). The lowest BCUT2D eigenvalue weighted by molar-refractivity contribution is -0.120. The Kier molecular flexibility index (Phi) is 6.19. The Labute approximate surface area is 99.9 Å². The van der Waals surface area contributed by atoms with Gasteiger partial charge in [0.05, 0.1) is 13.2 Å². The fourth-order valence-electron chi connectivity index (χ4n) is 1.19. The molecule has 7 heteroatoms. The summed E-state index contributed by atoms with van der Waals surface area (Å²) in [6.07, 6.45) is 0.617. The van der Waals surface area contributed by atoms with Gasteiger partial charge in [0.2, 0.25) is 11.8 Å². The predicted octanol–water partition coefficient (Wildman–Crippen LogP) is -0.727. The van der Waals surface area contributed by atoms with E-state index in [4.69, 9.17) is 9.26 Å². The third-order valence-corrected chi connectivity index (χ3v) is 2.00. The van der Waals surface area contributed by atoms with Crippen molar-refractivity contribution in [1.82, 2.24) is 20.8 Å². The summed E-state index contributed by atoms with van der Waals surface area (Å²) < 4.78 is 9.75. The van der Waals surface area contributed by atoms with Crippen molar-refractivity contribution in [3.63, 3.8) is 0 Å². The van der Waals surface area contributed by atoms with E-state index >= 15 is 0 Å². The average molecular weight is 242 g/mol. The molecule has 0 radical (unpaired) electrons. The number of hydrogen-bond donors (Lipinski definition) is 2. The van der Waals surface area contributed by atoms with Crippen LogP contribution in [0.4, 0.5) is 0 Å². The molecule has 0 fully saturated rings. The van der Waals surface area contributed by atoms with Gasteiger partial charge in [0.25, 0.3) is 0 Å². The van der Waals surface area contributed by atoms with E-state index < -0.39 is 0 Å². The van der Waals surface area contributed by atoms with E-state index in [0.717, 1.165) is 0 Å². The molecule has 1 aromatic rings. The maximum absolute atomic E-state index is 11.3. The predicted molar refractivity (Wildman–Crippen MR) is 60.5 cm³/mol. The fraction of sp³-hybridized carbons (Fsp3) is 0.700. The normalized spacial score (nSPS) is 10.5. The number of ether oxygens (including phenoxy) is 1. The lowest BCUT2D eigenvalue weighted by Crippen LogP contribution is -2.36. The number of rotatable bonds is 8. The third-order valence-electron chi connectivity index (χ3n) is 2.00. The van der Waals surface area contributed by atoms with Crippen molar-refractivity contribution in [3.05, 3.63) is 11.7 Å². The molecule has 0 unspecified atom stereocenters. The quantitative estimate of drug-likeness (QED) is 0.584. The van der Waals surface area contributed by atoms with E-state index in [9.17, 15) is 4.79 Å². The zero-order valence-electron chi connectivity index (χ0n) is 10.2. The number of nitrogens with zero attached hydrogens (tertiary/aromatic N) is 2. The first-order valence-corrected chi connectivity index (χ1v) is 5.48. The topological polar surface area (TPSA) is 89.3 Å². The minimum Gasteiger partial charge on any atom is -0.383 e. The van der Waals surface area contributed by atoms with Crippen LogP contribution in [0.1, 0.15) is 11.7 Å². The molecule has 0 saturated carbocycles. The molecule has 0 saturated heterocycles. The summed E-state index contributed by atoms with van der Waals surface area (Å²) in [7, 11) is 1.59. The molecule has 0 bridgehead atoms. The molecule has 0 aliphatic rings. The van der Waals surface area contributed by atoms with Crippen LogP contribution in [0.2, 0.25) is 0 Å². The van der Waals surface area contributed by atoms with Crippen LogP contribution in [0.3, 0.4) is 0 Å². The van der Waals surface area contributed by atoms with Crippen LogP contribution in [0.25, 0.3) is 0 Å². The monoisotopic (exact) mass is 242 g/mol. The number of hydrogen-bond acceptors (Lipinski definition) is 6. The number of methoxy groups -OCH3 is 1. The van der Waals surface area contributed by atoms with Crippen molar-refractivity contribution in [2.45, 2.75) is 13.3 Å². The Morgan fingerprint density at radius 1 is 1.47 bits per heavy atom. The van der Waals surface area contributed by atoms with E-state index in [2.05, 4.69) is 20.8 Å². The van der Waals surface area contributed by atoms with Gasteiger partial charge in [0, 0.05) is 26.6 Å². The molecule has 1 aromatic heterocycles. The van der Waals surface area contributed by atoms with Crippen molar-refractivity contribution in [2.24, 2.45) is 0 Å². The van der Waals surface area contributed by atoms with Gasteiger partial charge in [-0.1, -0.05) is 5.16 Å². The van der Waals surface area contributed by atoms with E-state index in [1.54, 1.807) is 14.0 Å². The molecule has 1 amide bonds. The summed E-state index contributed by atoms with van der Waals surface area (Å²) in [6.45, 7) is 3.71. The molecule has 0 aliphatic heterocycles. The van der Waals surface area contributed by atoms with Gasteiger partial charge in [-0.05, 0) is 6.92 Å². The van der Waals surface area contributed by atoms with Gasteiger partial charge < -0.3 is 19.9 Å². The maximum Gasteiger partial charge on any atom is 0.234 e. The molecule has 2 N–H and O–H groups in total. The van der Waals surface area contributed by atoms with Crippen molar-refractivity contribution in [2.75, 3.05) is 33.4 Å². The van der Waals surface area contributed by atoms with Crippen molar-refractivity contribution in [3.8, 4) is 0 Å². The molecule has 96 valence electrons. The maximum atomic E-state index is 11.3. The zero-order chi connectivity index (χ0) is 12.5. The Bertz CT molecular complexity index is 340. The van der Waals surface area contributed by atoms with Gasteiger partial charge >= 0.3 is 0 Å². The third kappa shape index (κ3) is 5.98. The second-order valence-electron chi connectivity index (χ2n) is 3.50. The highest BCUT2D eigenvalue weighted by Gasteiger charge is 2.03. The SMILES string of the molecule is COCCNC(=O)CNCCc1nc(C)no1. The molecular formula is C10H18N4O3. The molecular weight excluding hydrogens is 224 g/mol. The van der Waals surface area contributed by atoms with Gasteiger partial charge in [-0.2, -0.15) is 4.98 Å². The average Bonchev–Trinajstić information content (AvgIpc) is 2.71. The van der Waals surface area contributed by atoms with Crippen LogP contribution in [-0.4, -0.2) is 49.4 Å². The van der Waals surface area contributed by atoms with Crippen LogP contribution < -0.4 is 10.6 Å². The Morgan fingerprint density at radius 3 is 2.94 bits per heavy atom. The molecule has 7 nitrogen and oxygen atoms in total. The highest BCUT2D eigenvalue weighted by atomic mass is 16.5. The van der Waals surface area contributed by atoms with Crippen LogP contribution in [0.5, 0.6) is 0 Å². The lowest BCUT2D eigenvalue weighted by atomic mass is 10.4. The van der Waals surface area contributed by atoms with E-state index in [-0.39, 0.29) is 12.5 Å². The van der Waals surface area contributed by atoms with Gasteiger partial charge in [0.15, 0.2) is 5.82 Å². The largest absolute Gasteiger partial charge is 0.383 e. The lowest BCUT2D eigenvalue weighted by Gasteiger charge is -2.04. The first kappa shape index (κ1) is 13.6. The van der Waals surface area contributed by atoms with Crippen molar-refractivity contribution in [1.29, 1.82) is 0 Å². The van der Waals surface area contributed by atoms with Crippen LogP contribution >= 0.6 is 0 Å². The summed E-state index contributed by atoms with van der Waals surface area (Å²) in [5, 5.41) is 9.37. The van der Waals surface area contributed by atoms with Gasteiger partial charge in [-0.15, -0.1) is 0 Å².